The predicted octanol–water partition coefficient (Wildman–Crippen LogP) is 2.56. The lowest BCUT2D eigenvalue weighted by molar-refractivity contribution is 0.582. The summed E-state index contributed by atoms with van der Waals surface area (Å²) in [5.74, 6) is 0. The lowest BCUT2D eigenvalue weighted by Crippen LogP contribution is -2.26. The fraction of sp³-hybridized carbons (Fsp3) is 0.154. The number of rotatable bonds is 6. The highest BCUT2D eigenvalue weighted by Crippen LogP contribution is 2.22. The first-order chi connectivity index (χ1) is 9.90. The summed E-state index contributed by atoms with van der Waals surface area (Å²) < 4.78 is 26.9. The van der Waals surface area contributed by atoms with E-state index in [0.29, 0.717) is 18.5 Å². The average Bonchev–Trinajstić information content (AvgIpc) is 2.91. The maximum absolute atomic E-state index is 12.2. The smallest absolute Gasteiger partial charge is 0.242 e. The molecule has 21 heavy (non-hydrogen) atoms. The zero-order valence-electron chi connectivity index (χ0n) is 10.9. The maximum Gasteiger partial charge on any atom is 0.242 e. The Kier molecular flexibility index (Phi) is 5.34. The van der Waals surface area contributed by atoms with Gasteiger partial charge < -0.3 is 5.73 Å². The van der Waals surface area contributed by atoms with Gasteiger partial charge in [0.25, 0.3) is 0 Å². The van der Waals surface area contributed by atoms with Crippen LogP contribution in [0, 0.1) is 0 Å². The van der Waals surface area contributed by atoms with Gasteiger partial charge in [0.2, 0.25) is 10.0 Å². The largest absolute Gasteiger partial charge is 0.389 e. The average molecular weight is 361 g/mol. The number of halogens is 1. The first-order valence-electron chi connectivity index (χ1n) is 6.00. The zero-order chi connectivity index (χ0) is 15.5. The third-order valence-corrected chi connectivity index (χ3v) is 5.70. The van der Waals surface area contributed by atoms with Gasteiger partial charge in [-0.05, 0) is 40.9 Å². The van der Waals surface area contributed by atoms with Crippen molar-refractivity contribution in [3.8, 4) is 0 Å². The van der Waals surface area contributed by atoms with E-state index < -0.39 is 10.0 Å². The maximum atomic E-state index is 12.2. The second-order valence-electron chi connectivity index (χ2n) is 4.29. The van der Waals surface area contributed by atoms with Gasteiger partial charge in [-0.15, -0.1) is 0 Å². The van der Waals surface area contributed by atoms with Gasteiger partial charge in [0.05, 0.1) is 5.02 Å². The second-order valence-corrected chi connectivity index (χ2v) is 7.65. The van der Waals surface area contributed by atoms with E-state index in [1.165, 1.54) is 12.1 Å². The van der Waals surface area contributed by atoms with E-state index in [9.17, 15) is 8.42 Å². The van der Waals surface area contributed by atoms with Crippen LogP contribution in [0.3, 0.4) is 0 Å². The van der Waals surface area contributed by atoms with Gasteiger partial charge in [-0.25, -0.2) is 13.1 Å². The standard InChI is InChI=1S/C13H13ClN2O2S3/c14-11-7-10(13(15)19)1-2-12(11)21(17,18)16-5-3-9-4-6-20-8-9/h1-2,4,6-8,16H,3,5H2,(H2,15,19). The third kappa shape index (κ3) is 4.24. The molecule has 1 heterocycles. The molecule has 1 aromatic heterocycles. The molecule has 0 radical (unpaired) electrons. The van der Waals surface area contributed by atoms with Crippen LogP contribution in [0.4, 0.5) is 0 Å². The molecule has 0 atom stereocenters. The van der Waals surface area contributed by atoms with Gasteiger partial charge in [-0.3, -0.25) is 0 Å². The van der Waals surface area contributed by atoms with Gasteiger partial charge in [-0.1, -0.05) is 29.9 Å². The predicted molar refractivity (Wildman–Crippen MR) is 90.6 cm³/mol. The summed E-state index contributed by atoms with van der Waals surface area (Å²) in [4.78, 5) is 0.195. The molecule has 2 aromatic rings. The number of benzene rings is 1. The Bertz CT molecular complexity index is 743. The molecule has 0 bridgehead atoms. The molecule has 0 aliphatic heterocycles. The van der Waals surface area contributed by atoms with Gasteiger partial charge in [0, 0.05) is 12.1 Å². The molecular weight excluding hydrogens is 348 g/mol. The Hall–Kier alpha value is -0.990. The van der Waals surface area contributed by atoms with E-state index >= 15 is 0 Å². The molecular formula is C13H13ClN2O2S3. The number of nitrogens with one attached hydrogen (secondary N) is 1. The van der Waals surface area contributed by atoms with E-state index in [1.807, 2.05) is 16.8 Å². The van der Waals surface area contributed by atoms with Crippen molar-refractivity contribution in [2.24, 2.45) is 5.73 Å². The molecule has 0 saturated carbocycles. The van der Waals surface area contributed by atoms with Crippen molar-refractivity contribution in [1.82, 2.24) is 4.72 Å². The Morgan fingerprint density at radius 2 is 2.14 bits per heavy atom. The van der Waals surface area contributed by atoms with Crippen molar-refractivity contribution < 1.29 is 8.42 Å². The van der Waals surface area contributed by atoms with Gasteiger partial charge in [0.1, 0.15) is 9.88 Å². The van der Waals surface area contributed by atoms with Crippen molar-refractivity contribution in [1.29, 1.82) is 0 Å². The molecule has 3 N–H and O–H groups in total. The summed E-state index contributed by atoms with van der Waals surface area (Å²) in [6.45, 7) is 0.312. The topological polar surface area (TPSA) is 72.2 Å². The summed E-state index contributed by atoms with van der Waals surface area (Å²) in [6, 6.07) is 6.37. The van der Waals surface area contributed by atoms with E-state index in [1.54, 1.807) is 17.4 Å². The van der Waals surface area contributed by atoms with Crippen molar-refractivity contribution in [3.05, 3.63) is 51.2 Å². The molecule has 0 saturated heterocycles. The Labute approximate surface area is 138 Å². The molecule has 1 aromatic carbocycles. The molecule has 0 fully saturated rings. The fourth-order valence-corrected chi connectivity index (χ4v) is 4.12. The van der Waals surface area contributed by atoms with E-state index in [4.69, 9.17) is 29.6 Å². The number of hydrogen-bond acceptors (Lipinski definition) is 4. The van der Waals surface area contributed by atoms with Crippen LogP contribution in [0.1, 0.15) is 11.1 Å². The molecule has 112 valence electrons. The summed E-state index contributed by atoms with van der Waals surface area (Å²) in [5.41, 5.74) is 7.11. The van der Waals surface area contributed by atoms with Crippen LogP contribution in [-0.2, 0) is 16.4 Å². The number of thiocarbonyl (C=S) groups is 1. The number of thiophene rings is 1. The lowest BCUT2D eigenvalue weighted by atomic mass is 10.2. The Morgan fingerprint density at radius 3 is 2.71 bits per heavy atom. The van der Waals surface area contributed by atoms with Crippen LogP contribution in [0.5, 0.6) is 0 Å². The normalized spacial score (nSPS) is 11.5. The highest BCUT2D eigenvalue weighted by atomic mass is 35.5. The molecule has 0 aliphatic carbocycles. The van der Waals surface area contributed by atoms with Crippen LogP contribution < -0.4 is 10.5 Å². The monoisotopic (exact) mass is 360 g/mol. The first-order valence-corrected chi connectivity index (χ1v) is 9.21. The van der Waals surface area contributed by atoms with Gasteiger partial charge >= 0.3 is 0 Å². The highest BCUT2D eigenvalue weighted by molar-refractivity contribution is 7.89. The lowest BCUT2D eigenvalue weighted by Gasteiger charge is -2.09. The molecule has 0 amide bonds. The van der Waals surface area contributed by atoms with Crippen LogP contribution in [0.15, 0.2) is 39.9 Å². The second kappa shape index (κ2) is 6.85. The molecule has 4 nitrogen and oxygen atoms in total. The molecule has 2 rings (SSSR count). The summed E-state index contributed by atoms with van der Waals surface area (Å²) >= 11 is 12.4. The van der Waals surface area contributed by atoms with Crippen molar-refractivity contribution in [3.63, 3.8) is 0 Å². The third-order valence-electron chi connectivity index (χ3n) is 2.79. The number of sulfonamides is 1. The van der Waals surface area contributed by atoms with Crippen LogP contribution in [0.25, 0.3) is 0 Å². The van der Waals surface area contributed by atoms with E-state index in [0.717, 1.165) is 5.56 Å². The van der Waals surface area contributed by atoms with E-state index in [-0.39, 0.29) is 14.9 Å². The van der Waals surface area contributed by atoms with Gasteiger partial charge in [-0.2, -0.15) is 11.3 Å². The number of nitrogens with two attached hydrogens (primary N) is 1. The molecule has 0 aliphatic rings. The van der Waals surface area contributed by atoms with Crippen molar-refractivity contribution in [2.45, 2.75) is 11.3 Å². The summed E-state index contributed by atoms with van der Waals surface area (Å²) in [6.07, 6.45) is 0.630. The minimum atomic E-state index is -3.65. The summed E-state index contributed by atoms with van der Waals surface area (Å²) in [5, 5.41) is 4.04. The zero-order valence-corrected chi connectivity index (χ0v) is 14.1. The SMILES string of the molecule is NC(=S)c1ccc(S(=O)(=O)NCCc2ccsc2)c(Cl)c1. The quantitative estimate of drug-likeness (QED) is 0.776. The minimum absolute atomic E-state index is 0.0227. The highest BCUT2D eigenvalue weighted by Gasteiger charge is 2.18. The van der Waals surface area contributed by atoms with Crippen LogP contribution in [0.2, 0.25) is 5.02 Å². The fourth-order valence-electron chi connectivity index (χ4n) is 1.71. The van der Waals surface area contributed by atoms with E-state index in [2.05, 4.69) is 4.72 Å². The Morgan fingerprint density at radius 1 is 1.38 bits per heavy atom. The summed E-state index contributed by atoms with van der Waals surface area (Å²) in [7, 11) is -3.65. The minimum Gasteiger partial charge on any atom is -0.389 e. The van der Waals surface area contributed by atoms with Gasteiger partial charge in [0.15, 0.2) is 0 Å². The Balaban J connectivity index is 2.10. The molecule has 0 spiro atoms. The van der Waals surface area contributed by atoms with Crippen molar-refractivity contribution >= 4 is 50.2 Å². The molecule has 0 unspecified atom stereocenters. The first kappa shape index (κ1) is 16.4. The molecule has 8 heteroatoms. The van der Waals surface area contributed by atoms with Crippen LogP contribution in [-0.4, -0.2) is 20.0 Å². The van der Waals surface area contributed by atoms with Crippen molar-refractivity contribution in [2.75, 3.05) is 6.54 Å². The number of hydrogen-bond donors (Lipinski definition) is 2. The van der Waals surface area contributed by atoms with Crippen LogP contribution >= 0.6 is 35.2 Å².